The van der Waals surface area contributed by atoms with Gasteiger partial charge in [0.25, 0.3) is 0 Å². The number of nitrogens with two attached hydrogens (primary N) is 1. The van der Waals surface area contributed by atoms with Gasteiger partial charge in [0.1, 0.15) is 0 Å². The fourth-order valence-electron chi connectivity index (χ4n) is 2.28. The van der Waals surface area contributed by atoms with Gasteiger partial charge in [0.2, 0.25) is 0 Å². The minimum atomic E-state index is 0.519. The zero-order valence-corrected chi connectivity index (χ0v) is 8.39. The van der Waals surface area contributed by atoms with Crippen molar-refractivity contribution in [2.45, 2.75) is 64.3 Å². The molecule has 0 saturated heterocycles. The predicted octanol–water partition coefficient (Wildman–Crippen LogP) is 3.08. The third-order valence-electron chi connectivity index (χ3n) is 3.04. The molecular weight excluding hydrogens is 146 g/mol. The van der Waals surface area contributed by atoms with E-state index in [0.29, 0.717) is 6.04 Å². The summed E-state index contributed by atoms with van der Waals surface area (Å²) in [4.78, 5) is 0. The lowest BCUT2D eigenvalue weighted by molar-refractivity contribution is 0.299. The Morgan fingerprint density at radius 2 is 2.08 bits per heavy atom. The summed E-state index contributed by atoms with van der Waals surface area (Å²) >= 11 is 0. The van der Waals surface area contributed by atoms with E-state index < -0.39 is 0 Å². The molecular formula is C11H23N. The molecule has 0 spiro atoms. The van der Waals surface area contributed by atoms with Crippen molar-refractivity contribution >= 4 is 0 Å². The maximum Gasteiger partial charge on any atom is 0.00414 e. The van der Waals surface area contributed by atoms with Crippen molar-refractivity contribution in [2.24, 2.45) is 11.7 Å². The van der Waals surface area contributed by atoms with Crippen LogP contribution in [0, 0.1) is 5.92 Å². The molecule has 2 atom stereocenters. The van der Waals surface area contributed by atoms with Gasteiger partial charge in [-0.25, -0.2) is 0 Å². The van der Waals surface area contributed by atoms with E-state index in [2.05, 4.69) is 6.92 Å². The molecule has 0 aromatic heterocycles. The standard InChI is InChI=1S/C11H23N/c1-2-3-4-6-10-7-5-8-11(12)9-10/h10-11H,2-9,12H2,1H3. The highest BCUT2D eigenvalue weighted by Gasteiger charge is 2.18. The minimum Gasteiger partial charge on any atom is -0.328 e. The fourth-order valence-corrected chi connectivity index (χ4v) is 2.28. The molecule has 0 aromatic carbocycles. The SMILES string of the molecule is CCCCCC1CCCC(N)C1. The molecule has 1 saturated carbocycles. The third kappa shape index (κ3) is 3.57. The first-order chi connectivity index (χ1) is 5.83. The van der Waals surface area contributed by atoms with Gasteiger partial charge >= 0.3 is 0 Å². The van der Waals surface area contributed by atoms with Gasteiger partial charge in [-0.05, 0) is 18.8 Å². The van der Waals surface area contributed by atoms with Crippen LogP contribution in [0.2, 0.25) is 0 Å². The molecule has 0 aromatic rings. The van der Waals surface area contributed by atoms with E-state index in [1.54, 1.807) is 0 Å². The van der Waals surface area contributed by atoms with Gasteiger partial charge in [0, 0.05) is 6.04 Å². The van der Waals surface area contributed by atoms with Gasteiger partial charge in [-0.15, -0.1) is 0 Å². The average molecular weight is 169 g/mol. The van der Waals surface area contributed by atoms with Crippen LogP contribution >= 0.6 is 0 Å². The largest absolute Gasteiger partial charge is 0.328 e. The van der Waals surface area contributed by atoms with E-state index in [1.807, 2.05) is 0 Å². The topological polar surface area (TPSA) is 26.0 Å². The van der Waals surface area contributed by atoms with Crippen LogP contribution in [0.25, 0.3) is 0 Å². The first-order valence-electron chi connectivity index (χ1n) is 5.58. The molecule has 0 radical (unpaired) electrons. The molecule has 1 rings (SSSR count). The highest BCUT2D eigenvalue weighted by molar-refractivity contribution is 4.74. The van der Waals surface area contributed by atoms with E-state index in [9.17, 15) is 0 Å². The molecule has 1 nitrogen and oxygen atoms in total. The molecule has 12 heavy (non-hydrogen) atoms. The van der Waals surface area contributed by atoms with Gasteiger partial charge in [-0.3, -0.25) is 0 Å². The number of rotatable bonds is 4. The van der Waals surface area contributed by atoms with E-state index in [1.165, 1.54) is 51.4 Å². The highest BCUT2D eigenvalue weighted by Crippen LogP contribution is 2.27. The summed E-state index contributed by atoms with van der Waals surface area (Å²) in [5, 5.41) is 0. The van der Waals surface area contributed by atoms with Crippen LogP contribution in [0.4, 0.5) is 0 Å². The van der Waals surface area contributed by atoms with Crippen molar-refractivity contribution in [1.82, 2.24) is 0 Å². The summed E-state index contributed by atoms with van der Waals surface area (Å²) in [6.45, 7) is 2.27. The van der Waals surface area contributed by atoms with Crippen molar-refractivity contribution in [1.29, 1.82) is 0 Å². The lowest BCUT2D eigenvalue weighted by atomic mass is 9.83. The number of hydrogen-bond donors (Lipinski definition) is 1. The maximum atomic E-state index is 5.93. The Morgan fingerprint density at radius 3 is 2.75 bits per heavy atom. The van der Waals surface area contributed by atoms with E-state index >= 15 is 0 Å². The van der Waals surface area contributed by atoms with E-state index in [0.717, 1.165) is 5.92 Å². The molecule has 1 fully saturated rings. The smallest absolute Gasteiger partial charge is 0.00414 e. The van der Waals surface area contributed by atoms with E-state index in [-0.39, 0.29) is 0 Å². The summed E-state index contributed by atoms with van der Waals surface area (Å²) in [5.74, 6) is 0.959. The summed E-state index contributed by atoms with van der Waals surface area (Å²) in [6, 6.07) is 0.519. The Morgan fingerprint density at radius 1 is 1.25 bits per heavy atom. The molecule has 0 heterocycles. The molecule has 0 bridgehead atoms. The summed E-state index contributed by atoms with van der Waals surface area (Å²) in [6.07, 6.45) is 11.0. The Hall–Kier alpha value is -0.0400. The van der Waals surface area contributed by atoms with Gasteiger partial charge < -0.3 is 5.73 Å². The van der Waals surface area contributed by atoms with Crippen LogP contribution in [-0.2, 0) is 0 Å². The average Bonchev–Trinajstić information content (AvgIpc) is 2.05. The van der Waals surface area contributed by atoms with Crippen LogP contribution in [0.3, 0.4) is 0 Å². The molecule has 72 valence electrons. The van der Waals surface area contributed by atoms with Crippen molar-refractivity contribution in [3.63, 3.8) is 0 Å². The summed E-state index contributed by atoms with van der Waals surface area (Å²) < 4.78 is 0. The van der Waals surface area contributed by atoms with E-state index in [4.69, 9.17) is 5.73 Å². The van der Waals surface area contributed by atoms with Crippen molar-refractivity contribution < 1.29 is 0 Å². The van der Waals surface area contributed by atoms with Crippen LogP contribution in [0.15, 0.2) is 0 Å². The molecule has 0 aliphatic heterocycles. The Balaban J connectivity index is 2.06. The molecule has 2 unspecified atom stereocenters. The van der Waals surface area contributed by atoms with Crippen LogP contribution < -0.4 is 5.73 Å². The second-order valence-corrected chi connectivity index (χ2v) is 4.29. The molecule has 2 N–H and O–H groups in total. The minimum absolute atomic E-state index is 0.519. The Labute approximate surface area is 76.7 Å². The maximum absolute atomic E-state index is 5.93. The molecule has 1 aliphatic rings. The van der Waals surface area contributed by atoms with Crippen molar-refractivity contribution in [3.05, 3.63) is 0 Å². The lowest BCUT2D eigenvalue weighted by Gasteiger charge is -2.26. The zero-order valence-electron chi connectivity index (χ0n) is 8.39. The quantitative estimate of drug-likeness (QED) is 0.643. The highest BCUT2D eigenvalue weighted by atomic mass is 14.6. The molecule has 0 amide bonds. The first kappa shape index (κ1) is 10.0. The van der Waals surface area contributed by atoms with Crippen LogP contribution in [0.5, 0.6) is 0 Å². The Kier molecular flexibility index (Phi) is 4.67. The number of unbranched alkanes of at least 4 members (excludes halogenated alkanes) is 2. The fraction of sp³-hybridized carbons (Fsp3) is 1.00. The zero-order chi connectivity index (χ0) is 8.81. The van der Waals surface area contributed by atoms with Crippen molar-refractivity contribution in [2.75, 3.05) is 0 Å². The lowest BCUT2D eigenvalue weighted by Crippen LogP contribution is -2.27. The van der Waals surface area contributed by atoms with Crippen LogP contribution in [0.1, 0.15) is 58.3 Å². The predicted molar refractivity (Wildman–Crippen MR) is 54.1 cm³/mol. The number of hydrogen-bond acceptors (Lipinski definition) is 1. The third-order valence-corrected chi connectivity index (χ3v) is 3.04. The van der Waals surface area contributed by atoms with Crippen LogP contribution in [-0.4, -0.2) is 6.04 Å². The van der Waals surface area contributed by atoms with Gasteiger partial charge in [-0.1, -0.05) is 45.4 Å². The summed E-state index contributed by atoms with van der Waals surface area (Å²) in [7, 11) is 0. The monoisotopic (exact) mass is 169 g/mol. The van der Waals surface area contributed by atoms with Gasteiger partial charge in [-0.2, -0.15) is 0 Å². The molecule has 1 aliphatic carbocycles. The Bertz CT molecular complexity index is 112. The van der Waals surface area contributed by atoms with Gasteiger partial charge in [0.05, 0.1) is 0 Å². The first-order valence-corrected chi connectivity index (χ1v) is 5.58. The normalized spacial score (nSPS) is 30.5. The second kappa shape index (κ2) is 5.58. The van der Waals surface area contributed by atoms with Gasteiger partial charge in [0.15, 0.2) is 0 Å². The summed E-state index contributed by atoms with van der Waals surface area (Å²) in [5.41, 5.74) is 5.93. The van der Waals surface area contributed by atoms with Crippen molar-refractivity contribution in [3.8, 4) is 0 Å². The molecule has 1 heteroatoms. The second-order valence-electron chi connectivity index (χ2n) is 4.29.